The van der Waals surface area contributed by atoms with Crippen molar-refractivity contribution in [3.05, 3.63) is 102 Å². The molecule has 0 atom stereocenters. The van der Waals surface area contributed by atoms with Gasteiger partial charge in [-0.15, -0.1) is 0 Å². The molecular formula is C27H29N5O. The number of rotatable bonds is 5. The lowest BCUT2D eigenvalue weighted by Gasteiger charge is -2.35. The van der Waals surface area contributed by atoms with E-state index in [1.807, 2.05) is 63.8 Å². The van der Waals surface area contributed by atoms with Crippen LogP contribution in [0.5, 0.6) is 0 Å². The van der Waals surface area contributed by atoms with Crippen molar-refractivity contribution in [2.45, 2.75) is 20.4 Å². The van der Waals surface area contributed by atoms with Gasteiger partial charge in [0.1, 0.15) is 5.56 Å². The van der Waals surface area contributed by atoms with Crippen molar-refractivity contribution in [3.63, 3.8) is 0 Å². The van der Waals surface area contributed by atoms with Crippen LogP contribution in [0.1, 0.15) is 27.2 Å². The van der Waals surface area contributed by atoms with Crippen molar-refractivity contribution in [1.82, 2.24) is 24.1 Å². The number of aromatic nitrogens is 3. The lowest BCUT2D eigenvalue weighted by atomic mass is 10.1. The summed E-state index contributed by atoms with van der Waals surface area (Å²) in [6.45, 7) is 8.07. The summed E-state index contributed by atoms with van der Waals surface area (Å²) in [4.78, 5) is 18.1. The molecule has 6 heteroatoms. The Morgan fingerprint density at radius 1 is 0.848 bits per heavy atom. The molecule has 0 radical (unpaired) electrons. The molecule has 6 nitrogen and oxygen atoms in total. The maximum Gasteiger partial charge on any atom is 0.259 e. The maximum atomic E-state index is 13.7. The van der Waals surface area contributed by atoms with Crippen LogP contribution < -0.4 is 0 Å². The van der Waals surface area contributed by atoms with E-state index in [1.54, 1.807) is 0 Å². The van der Waals surface area contributed by atoms with Crippen molar-refractivity contribution >= 4 is 5.91 Å². The van der Waals surface area contributed by atoms with E-state index in [0.29, 0.717) is 18.7 Å². The van der Waals surface area contributed by atoms with Crippen molar-refractivity contribution in [2.75, 3.05) is 26.2 Å². The summed E-state index contributed by atoms with van der Waals surface area (Å²) in [6.07, 6.45) is 3.94. The third kappa shape index (κ3) is 4.34. The standard InChI is InChI=1S/C27H29N5O/c1-21-10-12-24(13-11-21)32-26(30-14-6-7-15-30)25(22(2)28-32)27(33)31-18-16-29(17-19-31)20-23-8-4-3-5-9-23/h3-15H,16-20H2,1-2H3. The first-order chi connectivity index (χ1) is 16.1. The largest absolute Gasteiger partial charge is 0.336 e. The van der Waals surface area contributed by atoms with Gasteiger partial charge in [-0.2, -0.15) is 5.10 Å². The number of hydrogen-bond donors (Lipinski definition) is 0. The van der Waals surface area contributed by atoms with Gasteiger partial charge in [0.2, 0.25) is 0 Å². The average Bonchev–Trinajstić information content (AvgIpc) is 3.48. The van der Waals surface area contributed by atoms with Crippen LogP contribution in [-0.4, -0.2) is 56.2 Å². The lowest BCUT2D eigenvalue weighted by molar-refractivity contribution is 0.0628. The van der Waals surface area contributed by atoms with Gasteiger partial charge in [0.05, 0.1) is 11.4 Å². The molecule has 0 unspecified atom stereocenters. The highest BCUT2D eigenvalue weighted by Gasteiger charge is 2.29. The van der Waals surface area contributed by atoms with E-state index in [9.17, 15) is 4.79 Å². The van der Waals surface area contributed by atoms with E-state index in [4.69, 9.17) is 5.10 Å². The second kappa shape index (κ2) is 9.08. The molecular weight excluding hydrogens is 410 g/mol. The van der Waals surface area contributed by atoms with Gasteiger partial charge in [0.15, 0.2) is 5.82 Å². The third-order valence-electron chi connectivity index (χ3n) is 6.29. The Morgan fingerprint density at radius 3 is 2.18 bits per heavy atom. The highest BCUT2D eigenvalue weighted by atomic mass is 16.2. The van der Waals surface area contributed by atoms with E-state index >= 15 is 0 Å². The first-order valence-electron chi connectivity index (χ1n) is 11.5. The van der Waals surface area contributed by atoms with Crippen LogP contribution in [0.4, 0.5) is 0 Å². The number of benzene rings is 2. The first-order valence-corrected chi connectivity index (χ1v) is 11.5. The van der Waals surface area contributed by atoms with Crippen molar-refractivity contribution in [3.8, 4) is 11.5 Å². The second-order valence-corrected chi connectivity index (χ2v) is 8.68. The molecule has 33 heavy (non-hydrogen) atoms. The number of amides is 1. The fourth-order valence-corrected chi connectivity index (χ4v) is 4.45. The molecule has 0 aliphatic carbocycles. The average molecular weight is 440 g/mol. The molecule has 4 aromatic rings. The van der Waals surface area contributed by atoms with Crippen LogP contribution in [0.2, 0.25) is 0 Å². The topological polar surface area (TPSA) is 46.3 Å². The zero-order valence-corrected chi connectivity index (χ0v) is 19.2. The quantitative estimate of drug-likeness (QED) is 0.467. The normalized spacial score (nSPS) is 14.5. The third-order valence-corrected chi connectivity index (χ3v) is 6.29. The highest BCUT2D eigenvalue weighted by Crippen LogP contribution is 2.25. The summed E-state index contributed by atoms with van der Waals surface area (Å²) in [5.41, 5.74) is 4.86. The van der Waals surface area contributed by atoms with Gasteiger partial charge in [-0.25, -0.2) is 4.68 Å². The summed E-state index contributed by atoms with van der Waals surface area (Å²) < 4.78 is 3.87. The van der Waals surface area contributed by atoms with Crippen LogP contribution in [-0.2, 0) is 6.54 Å². The molecule has 0 spiro atoms. The molecule has 5 rings (SSSR count). The van der Waals surface area contributed by atoms with Gasteiger partial charge in [-0.3, -0.25) is 9.69 Å². The van der Waals surface area contributed by atoms with Gasteiger partial charge in [-0.1, -0.05) is 48.0 Å². The van der Waals surface area contributed by atoms with Crippen LogP contribution in [0.15, 0.2) is 79.1 Å². The van der Waals surface area contributed by atoms with Crippen LogP contribution in [0, 0.1) is 13.8 Å². The maximum absolute atomic E-state index is 13.7. The molecule has 2 aromatic carbocycles. The van der Waals surface area contributed by atoms with Crippen molar-refractivity contribution < 1.29 is 4.79 Å². The zero-order valence-electron chi connectivity index (χ0n) is 19.2. The first kappa shape index (κ1) is 21.2. The predicted octanol–water partition coefficient (Wildman–Crippen LogP) is 4.24. The predicted molar refractivity (Wildman–Crippen MR) is 130 cm³/mol. The zero-order chi connectivity index (χ0) is 22.8. The Kier molecular flexibility index (Phi) is 5.84. The van der Waals surface area contributed by atoms with Gasteiger partial charge < -0.3 is 9.47 Å². The Morgan fingerprint density at radius 2 is 1.52 bits per heavy atom. The SMILES string of the molecule is Cc1ccc(-n2nc(C)c(C(=O)N3CCN(Cc4ccccc4)CC3)c2-n2cccc2)cc1. The van der Waals surface area contributed by atoms with E-state index in [-0.39, 0.29) is 5.91 Å². The van der Waals surface area contributed by atoms with Crippen molar-refractivity contribution in [2.24, 2.45) is 0 Å². The summed E-state index contributed by atoms with van der Waals surface area (Å²) in [5, 5.41) is 4.79. The van der Waals surface area contributed by atoms with Crippen molar-refractivity contribution in [1.29, 1.82) is 0 Å². The summed E-state index contributed by atoms with van der Waals surface area (Å²) in [5.74, 6) is 0.840. The van der Waals surface area contributed by atoms with E-state index in [1.165, 1.54) is 11.1 Å². The van der Waals surface area contributed by atoms with Gasteiger partial charge >= 0.3 is 0 Å². The van der Waals surface area contributed by atoms with Crippen LogP contribution >= 0.6 is 0 Å². The van der Waals surface area contributed by atoms with E-state index in [0.717, 1.165) is 36.8 Å². The molecule has 2 aromatic heterocycles. The number of carbonyl (C=O) groups is 1. The number of carbonyl (C=O) groups excluding carboxylic acids is 1. The van der Waals surface area contributed by atoms with Gasteiger partial charge in [0, 0.05) is 45.1 Å². The smallest absolute Gasteiger partial charge is 0.259 e. The molecule has 1 saturated heterocycles. The minimum Gasteiger partial charge on any atom is -0.336 e. The fraction of sp³-hybridized carbons (Fsp3) is 0.259. The molecule has 1 amide bonds. The number of nitrogens with zero attached hydrogens (tertiary/aromatic N) is 5. The Balaban J connectivity index is 1.41. The van der Waals surface area contributed by atoms with Crippen LogP contribution in [0.25, 0.3) is 11.5 Å². The van der Waals surface area contributed by atoms with E-state index in [2.05, 4.69) is 48.2 Å². The summed E-state index contributed by atoms with van der Waals surface area (Å²) in [6, 6.07) is 22.7. The molecule has 1 aliphatic rings. The highest BCUT2D eigenvalue weighted by molar-refractivity contribution is 5.98. The van der Waals surface area contributed by atoms with Gasteiger partial charge in [-0.05, 0) is 43.7 Å². The summed E-state index contributed by atoms with van der Waals surface area (Å²) in [7, 11) is 0. The molecule has 0 saturated carbocycles. The molecule has 1 fully saturated rings. The molecule has 3 heterocycles. The second-order valence-electron chi connectivity index (χ2n) is 8.68. The summed E-state index contributed by atoms with van der Waals surface area (Å²) >= 11 is 0. The Labute approximate surface area is 194 Å². The number of hydrogen-bond acceptors (Lipinski definition) is 3. The molecule has 1 aliphatic heterocycles. The monoisotopic (exact) mass is 439 g/mol. The fourth-order valence-electron chi connectivity index (χ4n) is 4.45. The minimum absolute atomic E-state index is 0.0499. The number of aryl methyl sites for hydroxylation is 2. The lowest BCUT2D eigenvalue weighted by Crippen LogP contribution is -2.48. The molecule has 168 valence electrons. The van der Waals surface area contributed by atoms with Crippen LogP contribution in [0.3, 0.4) is 0 Å². The molecule has 0 bridgehead atoms. The Bertz CT molecular complexity index is 1220. The van der Waals surface area contributed by atoms with Gasteiger partial charge in [0.25, 0.3) is 5.91 Å². The number of piperazine rings is 1. The Hall–Kier alpha value is -3.64. The minimum atomic E-state index is 0.0499. The van der Waals surface area contributed by atoms with E-state index < -0.39 is 0 Å². The molecule has 0 N–H and O–H groups in total.